The van der Waals surface area contributed by atoms with Crippen molar-refractivity contribution in [3.05, 3.63) is 76.3 Å². The number of fused-ring (bicyclic) bond motifs is 2. The number of nitrogens with one attached hydrogen (secondary N) is 2. The fourth-order valence-corrected chi connectivity index (χ4v) is 4.96. The molecule has 4 N–H and O–H groups in total. The van der Waals surface area contributed by atoms with Gasteiger partial charge in [-0.1, -0.05) is 39.0 Å². The first-order chi connectivity index (χ1) is 16.7. The Morgan fingerprint density at radius 3 is 2.06 bits per heavy atom. The molecule has 0 saturated heterocycles. The molecule has 188 valence electrons. The summed E-state index contributed by atoms with van der Waals surface area (Å²) in [5.74, 6) is -1.34. The lowest BCUT2D eigenvalue weighted by Crippen LogP contribution is -2.25. The molecule has 1 aliphatic rings. The van der Waals surface area contributed by atoms with Crippen LogP contribution in [-0.2, 0) is 15.5 Å². The molecule has 3 aromatic rings. The van der Waals surface area contributed by atoms with E-state index in [9.17, 15) is 27.7 Å². The first-order valence-electron chi connectivity index (χ1n) is 11.4. The van der Waals surface area contributed by atoms with Crippen LogP contribution in [0.25, 0.3) is 0 Å². The molecule has 0 spiro atoms. The van der Waals surface area contributed by atoms with Crippen molar-refractivity contribution >= 4 is 38.7 Å². The number of benzene rings is 3. The molecule has 0 bridgehead atoms. The molecule has 4 rings (SSSR count). The Morgan fingerprint density at radius 1 is 0.833 bits per heavy atom. The van der Waals surface area contributed by atoms with E-state index in [1.54, 1.807) is 18.2 Å². The summed E-state index contributed by atoms with van der Waals surface area (Å²) in [6.07, 6.45) is 0. The van der Waals surface area contributed by atoms with Crippen LogP contribution >= 0.6 is 0 Å². The summed E-state index contributed by atoms with van der Waals surface area (Å²) in [7, 11) is -4.63. The summed E-state index contributed by atoms with van der Waals surface area (Å²) in [5.41, 5.74) is 1.05. The molecule has 0 saturated carbocycles. The van der Waals surface area contributed by atoms with E-state index < -0.39 is 21.7 Å². The summed E-state index contributed by atoms with van der Waals surface area (Å²) in [6.45, 7) is 9.52. The number of phenolic OH excluding ortho intramolecular Hbond substituents is 1. The predicted octanol–water partition coefficient (Wildman–Crippen LogP) is 5.28. The Morgan fingerprint density at radius 2 is 1.44 bits per heavy atom. The highest BCUT2D eigenvalue weighted by Gasteiger charge is 2.36. The molecule has 1 aliphatic carbocycles. The van der Waals surface area contributed by atoms with Gasteiger partial charge in [-0.05, 0) is 55.2 Å². The Bertz CT molecular complexity index is 1520. The van der Waals surface area contributed by atoms with Crippen molar-refractivity contribution in [2.75, 3.05) is 10.6 Å². The zero-order valence-electron chi connectivity index (χ0n) is 20.6. The number of carbonyl (C=O) groups is 2. The van der Waals surface area contributed by atoms with Crippen LogP contribution in [0.5, 0.6) is 5.75 Å². The molecule has 0 amide bonds. The summed E-state index contributed by atoms with van der Waals surface area (Å²) >= 11 is 0. The average molecular weight is 509 g/mol. The molecule has 3 aromatic carbocycles. The van der Waals surface area contributed by atoms with Gasteiger partial charge in [0.05, 0.1) is 28.1 Å². The third-order valence-corrected chi connectivity index (χ3v) is 6.91. The zero-order chi connectivity index (χ0) is 26.6. The van der Waals surface area contributed by atoms with E-state index in [4.69, 9.17) is 0 Å². The number of carbonyl (C=O) groups excluding carboxylic acids is 2. The van der Waals surface area contributed by atoms with E-state index in [0.29, 0.717) is 11.3 Å². The van der Waals surface area contributed by atoms with Crippen molar-refractivity contribution in [2.45, 2.75) is 51.0 Å². The quantitative estimate of drug-likeness (QED) is 0.268. The minimum atomic E-state index is -4.63. The Balaban J connectivity index is 1.95. The third-order valence-electron chi connectivity index (χ3n) is 6.01. The normalized spacial score (nSPS) is 13.4. The second kappa shape index (κ2) is 8.76. The van der Waals surface area contributed by atoms with Gasteiger partial charge in [-0.2, -0.15) is 8.42 Å². The molecule has 0 radical (unpaired) electrons. The van der Waals surface area contributed by atoms with Gasteiger partial charge in [0.25, 0.3) is 10.1 Å². The van der Waals surface area contributed by atoms with E-state index in [1.807, 2.05) is 34.6 Å². The van der Waals surface area contributed by atoms with Crippen LogP contribution < -0.4 is 10.6 Å². The largest absolute Gasteiger partial charge is 0.507 e. The average Bonchev–Trinajstić information content (AvgIpc) is 2.76. The fraction of sp³-hybridized carbons (Fsp3) is 0.259. The van der Waals surface area contributed by atoms with Crippen molar-refractivity contribution in [3.8, 4) is 5.75 Å². The van der Waals surface area contributed by atoms with Crippen molar-refractivity contribution in [1.29, 1.82) is 0 Å². The van der Waals surface area contributed by atoms with E-state index >= 15 is 0 Å². The van der Waals surface area contributed by atoms with Crippen LogP contribution in [0.4, 0.5) is 17.1 Å². The van der Waals surface area contributed by atoms with E-state index in [-0.39, 0.29) is 55.7 Å². The van der Waals surface area contributed by atoms with E-state index in [1.165, 1.54) is 30.3 Å². The second-order valence-corrected chi connectivity index (χ2v) is 11.5. The topological polar surface area (TPSA) is 133 Å². The lowest BCUT2D eigenvalue weighted by Gasteiger charge is -2.26. The van der Waals surface area contributed by atoms with Gasteiger partial charge < -0.3 is 15.7 Å². The molecule has 8 nitrogen and oxygen atoms in total. The molecule has 0 unspecified atom stereocenters. The van der Waals surface area contributed by atoms with Crippen LogP contribution in [0.1, 0.15) is 72.0 Å². The molecule has 9 heteroatoms. The van der Waals surface area contributed by atoms with Gasteiger partial charge in [0.15, 0.2) is 11.6 Å². The van der Waals surface area contributed by atoms with Gasteiger partial charge in [0.1, 0.15) is 10.6 Å². The Hall–Kier alpha value is -3.69. The van der Waals surface area contributed by atoms with Crippen LogP contribution in [0.15, 0.2) is 53.4 Å². The minimum absolute atomic E-state index is 0.000774. The van der Waals surface area contributed by atoms with Crippen LogP contribution in [0, 0.1) is 0 Å². The SMILES string of the molecule is CC(C)Nc1ccc(Nc2ccc(C(C)(C)C)cc2S(=O)(=O)O)c2c1C(=O)c1cccc(O)c1C2=O. The monoisotopic (exact) mass is 508 g/mol. The number of phenols is 1. The van der Waals surface area contributed by atoms with Gasteiger partial charge in [-0.15, -0.1) is 0 Å². The standard InChI is InChI=1S/C27H28N2O6S/c1-14(2)28-18-11-12-19(24-23(18)25(31)16-7-6-8-20(30)22(16)26(24)32)29-17-10-9-15(27(3,4)5)13-21(17)36(33,34)35/h6-14,28-30H,1-5H3,(H,33,34,35). The number of rotatable bonds is 5. The van der Waals surface area contributed by atoms with Crippen LogP contribution in [0.2, 0.25) is 0 Å². The maximum atomic E-state index is 13.6. The number of hydrogen-bond acceptors (Lipinski definition) is 7. The number of anilines is 3. The highest BCUT2D eigenvalue weighted by atomic mass is 32.2. The first kappa shape index (κ1) is 25.4. The number of aromatic hydroxyl groups is 1. The maximum Gasteiger partial charge on any atom is 0.296 e. The van der Waals surface area contributed by atoms with E-state index in [0.717, 1.165) is 0 Å². The Labute approximate surface area is 210 Å². The molecule has 0 atom stereocenters. The summed E-state index contributed by atoms with van der Waals surface area (Å²) in [4.78, 5) is 26.8. The predicted molar refractivity (Wildman–Crippen MR) is 138 cm³/mol. The van der Waals surface area contributed by atoms with Gasteiger partial charge in [0.2, 0.25) is 0 Å². The minimum Gasteiger partial charge on any atom is -0.507 e. The number of hydrogen-bond donors (Lipinski definition) is 4. The zero-order valence-corrected chi connectivity index (χ0v) is 21.4. The van der Waals surface area contributed by atoms with Crippen LogP contribution in [-0.4, -0.2) is 35.7 Å². The molecule has 0 aromatic heterocycles. The second-order valence-electron chi connectivity index (χ2n) is 10.1. The number of ketones is 2. The third kappa shape index (κ3) is 4.47. The smallest absolute Gasteiger partial charge is 0.296 e. The molecule has 0 fully saturated rings. The molecular weight excluding hydrogens is 480 g/mol. The summed E-state index contributed by atoms with van der Waals surface area (Å²) in [6, 6.07) is 12.1. The lowest BCUT2D eigenvalue weighted by molar-refractivity contribution is 0.0978. The first-order valence-corrected chi connectivity index (χ1v) is 12.9. The van der Waals surface area contributed by atoms with Crippen molar-refractivity contribution in [1.82, 2.24) is 0 Å². The van der Waals surface area contributed by atoms with Crippen molar-refractivity contribution < 1.29 is 27.7 Å². The van der Waals surface area contributed by atoms with Crippen LogP contribution in [0.3, 0.4) is 0 Å². The highest BCUT2D eigenvalue weighted by molar-refractivity contribution is 7.86. The van der Waals surface area contributed by atoms with Gasteiger partial charge in [0, 0.05) is 17.3 Å². The lowest BCUT2D eigenvalue weighted by atomic mass is 9.81. The fourth-order valence-electron chi connectivity index (χ4n) is 4.29. The maximum absolute atomic E-state index is 13.6. The molecule has 36 heavy (non-hydrogen) atoms. The van der Waals surface area contributed by atoms with E-state index in [2.05, 4.69) is 10.6 Å². The Kier molecular flexibility index (Phi) is 6.18. The van der Waals surface area contributed by atoms with Gasteiger partial charge in [-0.25, -0.2) is 0 Å². The summed E-state index contributed by atoms with van der Waals surface area (Å²) in [5, 5.41) is 16.5. The summed E-state index contributed by atoms with van der Waals surface area (Å²) < 4.78 is 34.5. The molecule has 0 aliphatic heterocycles. The molecular formula is C27H28N2O6S. The van der Waals surface area contributed by atoms with Gasteiger partial charge in [-0.3, -0.25) is 14.1 Å². The highest BCUT2D eigenvalue weighted by Crippen LogP contribution is 2.41. The molecule has 0 heterocycles. The van der Waals surface area contributed by atoms with Crippen molar-refractivity contribution in [2.24, 2.45) is 0 Å². The van der Waals surface area contributed by atoms with Crippen molar-refractivity contribution in [3.63, 3.8) is 0 Å². The van der Waals surface area contributed by atoms with Gasteiger partial charge >= 0.3 is 0 Å².